The van der Waals surface area contributed by atoms with Crippen molar-refractivity contribution in [3.8, 4) is 22.9 Å². The monoisotopic (exact) mass is 395 g/mol. The molecule has 0 aliphatic rings. The van der Waals surface area contributed by atoms with E-state index in [0.29, 0.717) is 29.9 Å². The fourth-order valence-corrected chi connectivity index (χ4v) is 3.65. The van der Waals surface area contributed by atoms with Crippen molar-refractivity contribution < 1.29 is 4.74 Å². The number of hydrogen-bond donors (Lipinski definition) is 1. The maximum absolute atomic E-state index is 13.3. The smallest absolute Gasteiger partial charge is 0.259 e. The molecule has 3 aromatic carbocycles. The third-order valence-corrected chi connectivity index (χ3v) is 5.09. The van der Waals surface area contributed by atoms with E-state index in [0.717, 1.165) is 22.2 Å². The molecule has 0 atom stereocenters. The van der Waals surface area contributed by atoms with Crippen LogP contribution in [0.1, 0.15) is 5.69 Å². The number of para-hydroxylation sites is 1. The van der Waals surface area contributed by atoms with Crippen molar-refractivity contribution in [1.29, 1.82) is 5.26 Å². The molecule has 5 nitrogen and oxygen atoms in total. The van der Waals surface area contributed by atoms with E-state index >= 15 is 0 Å². The number of benzene rings is 3. The molecule has 5 heteroatoms. The van der Waals surface area contributed by atoms with Crippen molar-refractivity contribution in [2.45, 2.75) is 6.54 Å². The van der Waals surface area contributed by atoms with Crippen LogP contribution in [0.15, 0.2) is 83.7 Å². The number of methoxy groups -OCH3 is 1. The molecule has 0 amide bonds. The van der Waals surface area contributed by atoms with Crippen LogP contribution < -0.4 is 15.6 Å². The molecular weight excluding hydrogens is 374 g/mol. The fraction of sp³-hybridized carbons (Fsp3) is 0.120. The normalized spacial score (nSPS) is 10.5. The standard InChI is InChI=1S/C25H21N3O2/c1-30-20-12-13-21-22(16-20)24(18-8-4-2-5-9-18)23(17-26)28(25(21)29)15-14-27-19-10-6-3-7-11-19/h2-13,16,27H,14-15H2,1H3. The molecule has 0 saturated carbocycles. The van der Waals surface area contributed by atoms with Gasteiger partial charge in [0.1, 0.15) is 17.5 Å². The first-order valence-corrected chi connectivity index (χ1v) is 9.72. The molecule has 30 heavy (non-hydrogen) atoms. The maximum Gasteiger partial charge on any atom is 0.259 e. The Morgan fingerprint density at radius 1 is 0.967 bits per heavy atom. The van der Waals surface area contributed by atoms with Gasteiger partial charge >= 0.3 is 0 Å². The average Bonchev–Trinajstić information content (AvgIpc) is 2.81. The predicted molar refractivity (Wildman–Crippen MR) is 120 cm³/mol. The minimum Gasteiger partial charge on any atom is -0.497 e. The molecule has 0 unspecified atom stereocenters. The molecule has 1 aromatic heterocycles. The van der Waals surface area contributed by atoms with Crippen LogP contribution in [0, 0.1) is 11.3 Å². The molecule has 0 saturated heterocycles. The Kier molecular flexibility index (Phi) is 5.49. The molecule has 148 valence electrons. The number of rotatable bonds is 6. The molecule has 4 aromatic rings. The van der Waals surface area contributed by atoms with E-state index in [4.69, 9.17) is 4.74 Å². The average molecular weight is 395 g/mol. The minimum atomic E-state index is -0.182. The van der Waals surface area contributed by atoms with Gasteiger partial charge in [-0.05, 0) is 35.9 Å². The second-order valence-electron chi connectivity index (χ2n) is 6.86. The van der Waals surface area contributed by atoms with Crippen molar-refractivity contribution in [3.05, 3.63) is 94.9 Å². The Hall–Kier alpha value is -4.04. The van der Waals surface area contributed by atoms with Gasteiger partial charge in [-0.1, -0.05) is 48.5 Å². The first-order chi connectivity index (χ1) is 14.7. The molecule has 0 aliphatic heterocycles. The summed E-state index contributed by atoms with van der Waals surface area (Å²) >= 11 is 0. The summed E-state index contributed by atoms with van der Waals surface area (Å²) in [6.45, 7) is 0.896. The second kappa shape index (κ2) is 8.54. The van der Waals surface area contributed by atoms with Gasteiger partial charge in [-0.2, -0.15) is 5.26 Å². The first-order valence-electron chi connectivity index (χ1n) is 9.72. The van der Waals surface area contributed by atoms with Gasteiger partial charge in [0, 0.05) is 35.1 Å². The van der Waals surface area contributed by atoms with Crippen molar-refractivity contribution in [1.82, 2.24) is 4.57 Å². The summed E-state index contributed by atoms with van der Waals surface area (Å²) in [5.41, 5.74) is 2.77. The third kappa shape index (κ3) is 3.63. The van der Waals surface area contributed by atoms with Gasteiger partial charge in [0.05, 0.1) is 7.11 Å². The zero-order valence-corrected chi connectivity index (χ0v) is 16.6. The number of fused-ring (bicyclic) bond motifs is 1. The lowest BCUT2D eigenvalue weighted by atomic mass is 9.97. The molecule has 0 fully saturated rings. The van der Waals surface area contributed by atoms with E-state index in [1.807, 2.05) is 66.7 Å². The van der Waals surface area contributed by atoms with Gasteiger partial charge < -0.3 is 10.1 Å². The number of nitrogens with one attached hydrogen (secondary N) is 1. The summed E-state index contributed by atoms with van der Waals surface area (Å²) in [6, 6.07) is 27.1. The van der Waals surface area contributed by atoms with Crippen LogP contribution in [0.25, 0.3) is 21.9 Å². The number of nitriles is 1. The molecule has 0 spiro atoms. The number of pyridine rings is 1. The van der Waals surface area contributed by atoms with Gasteiger partial charge in [-0.25, -0.2) is 0 Å². The van der Waals surface area contributed by atoms with Crippen LogP contribution >= 0.6 is 0 Å². The SMILES string of the molecule is COc1ccc2c(=O)n(CCNc3ccccc3)c(C#N)c(-c3ccccc3)c2c1. The lowest BCUT2D eigenvalue weighted by Gasteiger charge is -2.17. The van der Waals surface area contributed by atoms with Crippen LogP contribution in [-0.4, -0.2) is 18.2 Å². The Bertz CT molecular complexity index is 1270. The Morgan fingerprint density at radius 3 is 2.33 bits per heavy atom. The van der Waals surface area contributed by atoms with E-state index in [2.05, 4.69) is 11.4 Å². The highest BCUT2D eigenvalue weighted by molar-refractivity contribution is 5.99. The van der Waals surface area contributed by atoms with Crippen LogP contribution in [0.3, 0.4) is 0 Å². The Labute approximate surface area is 174 Å². The van der Waals surface area contributed by atoms with Crippen LogP contribution in [0.5, 0.6) is 5.75 Å². The van der Waals surface area contributed by atoms with E-state index in [-0.39, 0.29) is 5.56 Å². The van der Waals surface area contributed by atoms with Crippen LogP contribution in [-0.2, 0) is 6.54 Å². The summed E-state index contributed by atoms with van der Waals surface area (Å²) < 4.78 is 6.93. The zero-order valence-electron chi connectivity index (χ0n) is 16.6. The van der Waals surface area contributed by atoms with E-state index in [1.165, 1.54) is 0 Å². The van der Waals surface area contributed by atoms with E-state index in [1.54, 1.807) is 23.8 Å². The number of nitrogens with zero attached hydrogens (tertiary/aromatic N) is 2. The van der Waals surface area contributed by atoms with Gasteiger partial charge in [-0.15, -0.1) is 0 Å². The van der Waals surface area contributed by atoms with Gasteiger partial charge in [0.15, 0.2) is 0 Å². The van der Waals surface area contributed by atoms with E-state index in [9.17, 15) is 10.1 Å². The summed E-state index contributed by atoms with van der Waals surface area (Å²) in [5, 5.41) is 14.6. The largest absolute Gasteiger partial charge is 0.497 e. The quantitative estimate of drug-likeness (QED) is 0.516. The number of ether oxygens (including phenoxy) is 1. The van der Waals surface area contributed by atoms with Crippen molar-refractivity contribution >= 4 is 16.5 Å². The van der Waals surface area contributed by atoms with Gasteiger partial charge in [0.2, 0.25) is 0 Å². The Balaban J connectivity index is 1.87. The van der Waals surface area contributed by atoms with Crippen molar-refractivity contribution in [2.75, 3.05) is 19.0 Å². The van der Waals surface area contributed by atoms with Gasteiger partial charge in [-0.3, -0.25) is 9.36 Å². The van der Waals surface area contributed by atoms with Crippen molar-refractivity contribution in [2.24, 2.45) is 0 Å². The summed E-state index contributed by atoms with van der Waals surface area (Å²) in [4.78, 5) is 13.3. The van der Waals surface area contributed by atoms with Crippen LogP contribution in [0.2, 0.25) is 0 Å². The molecule has 0 bridgehead atoms. The summed E-state index contributed by atoms with van der Waals surface area (Å²) in [7, 11) is 1.59. The number of hydrogen-bond acceptors (Lipinski definition) is 4. The predicted octanol–water partition coefficient (Wildman–Crippen LogP) is 4.66. The third-order valence-electron chi connectivity index (χ3n) is 5.09. The van der Waals surface area contributed by atoms with Crippen molar-refractivity contribution in [3.63, 3.8) is 0 Å². The minimum absolute atomic E-state index is 0.182. The first kappa shape index (κ1) is 19.3. The fourth-order valence-electron chi connectivity index (χ4n) is 3.65. The highest BCUT2D eigenvalue weighted by atomic mass is 16.5. The zero-order chi connectivity index (χ0) is 20.9. The molecule has 4 rings (SSSR count). The highest BCUT2D eigenvalue weighted by Crippen LogP contribution is 2.32. The Morgan fingerprint density at radius 2 is 1.67 bits per heavy atom. The topological polar surface area (TPSA) is 67.0 Å². The molecule has 1 N–H and O–H groups in total. The lowest BCUT2D eigenvalue weighted by Crippen LogP contribution is -2.27. The second-order valence-corrected chi connectivity index (χ2v) is 6.86. The van der Waals surface area contributed by atoms with E-state index < -0.39 is 0 Å². The molecular formula is C25H21N3O2. The highest BCUT2D eigenvalue weighted by Gasteiger charge is 2.18. The lowest BCUT2D eigenvalue weighted by molar-refractivity contribution is 0.415. The van der Waals surface area contributed by atoms with Gasteiger partial charge in [0.25, 0.3) is 5.56 Å². The molecule has 1 heterocycles. The maximum atomic E-state index is 13.3. The van der Waals surface area contributed by atoms with Crippen LogP contribution in [0.4, 0.5) is 5.69 Å². The summed E-state index contributed by atoms with van der Waals surface area (Å²) in [6.07, 6.45) is 0. The number of anilines is 1. The number of aromatic nitrogens is 1. The molecule has 0 aliphatic carbocycles. The molecule has 0 radical (unpaired) electrons. The summed E-state index contributed by atoms with van der Waals surface area (Å²) in [5.74, 6) is 0.645.